The van der Waals surface area contributed by atoms with Crippen LogP contribution in [0, 0.1) is 18.8 Å². The molecular formula is C23H30N2O3S. The van der Waals surface area contributed by atoms with E-state index >= 15 is 0 Å². The molecule has 0 aromatic heterocycles. The van der Waals surface area contributed by atoms with Gasteiger partial charge in [-0.15, -0.1) is 0 Å². The molecule has 3 rings (SSSR count). The van der Waals surface area contributed by atoms with E-state index in [1.165, 1.54) is 11.6 Å². The number of ketones is 1. The van der Waals surface area contributed by atoms with Crippen molar-refractivity contribution >= 4 is 15.8 Å². The topological polar surface area (TPSA) is 66.5 Å². The lowest BCUT2D eigenvalue weighted by Crippen LogP contribution is -2.42. The largest absolute Gasteiger partial charge is 0.306 e. The Hall–Kier alpha value is -2.02. The number of carbonyl (C=O) groups is 1. The molecule has 2 unspecified atom stereocenters. The minimum Gasteiger partial charge on any atom is -0.306 e. The van der Waals surface area contributed by atoms with Crippen molar-refractivity contribution < 1.29 is 13.2 Å². The lowest BCUT2D eigenvalue weighted by molar-refractivity contribution is 0.0990. The van der Waals surface area contributed by atoms with Crippen molar-refractivity contribution in [2.24, 2.45) is 11.8 Å². The van der Waals surface area contributed by atoms with Gasteiger partial charge in [0.15, 0.2) is 5.78 Å². The maximum Gasteiger partial charge on any atom is 0.243 e. The number of carbonyl (C=O) groups excluding carboxylic acids is 1. The van der Waals surface area contributed by atoms with E-state index in [-0.39, 0.29) is 17.2 Å². The summed E-state index contributed by atoms with van der Waals surface area (Å²) < 4.78 is 27.7. The van der Waals surface area contributed by atoms with Crippen molar-refractivity contribution in [1.29, 1.82) is 0 Å². The van der Waals surface area contributed by atoms with Crippen molar-refractivity contribution in [3.63, 3.8) is 0 Å². The summed E-state index contributed by atoms with van der Waals surface area (Å²) >= 11 is 0. The number of Topliss-reactive ketones (excluding diaryl/α,β-unsaturated/α-hetero) is 1. The average Bonchev–Trinajstić information content (AvgIpc) is 2.69. The Kier molecular flexibility index (Phi) is 6.88. The highest BCUT2D eigenvalue weighted by Gasteiger charge is 2.31. The average molecular weight is 415 g/mol. The van der Waals surface area contributed by atoms with Crippen LogP contribution in [0.2, 0.25) is 0 Å². The van der Waals surface area contributed by atoms with Crippen LogP contribution in [-0.2, 0) is 16.6 Å². The van der Waals surface area contributed by atoms with Gasteiger partial charge in [-0.1, -0.05) is 55.8 Å². The van der Waals surface area contributed by atoms with E-state index in [4.69, 9.17) is 0 Å². The molecule has 29 heavy (non-hydrogen) atoms. The molecule has 2 aromatic rings. The van der Waals surface area contributed by atoms with Crippen LogP contribution in [0.4, 0.5) is 0 Å². The second-order valence-corrected chi connectivity index (χ2v) is 10.2. The number of hydrogen-bond acceptors (Lipinski definition) is 4. The van der Waals surface area contributed by atoms with E-state index in [0.717, 1.165) is 12.0 Å². The number of sulfonamides is 1. The van der Waals surface area contributed by atoms with Crippen LogP contribution in [0.3, 0.4) is 0 Å². The third-order valence-corrected chi connectivity index (χ3v) is 7.19. The number of piperidine rings is 1. The number of benzene rings is 2. The molecule has 0 spiro atoms. The summed E-state index contributed by atoms with van der Waals surface area (Å²) in [6.45, 7) is 8.01. The number of rotatable bonds is 7. The van der Waals surface area contributed by atoms with Gasteiger partial charge in [-0.25, -0.2) is 8.42 Å². The highest BCUT2D eigenvalue weighted by molar-refractivity contribution is 7.89. The fraction of sp³-hybridized carbons (Fsp3) is 0.435. The fourth-order valence-electron chi connectivity index (χ4n) is 3.91. The SMILES string of the molecule is Cc1ccc(CNCC(=O)c2cccc(S(=O)(=O)N3CC(C)CC(C)C3)c2)cc1. The molecule has 6 heteroatoms. The van der Waals surface area contributed by atoms with Gasteiger partial charge in [0.2, 0.25) is 10.0 Å². The molecule has 1 fully saturated rings. The molecule has 0 amide bonds. The molecule has 0 bridgehead atoms. The molecule has 1 aliphatic rings. The first-order valence-electron chi connectivity index (χ1n) is 10.2. The minimum atomic E-state index is -3.59. The van der Waals surface area contributed by atoms with Crippen LogP contribution < -0.4 is 5.32 Å². The molecule has 0 saturated carbocycles. The monoisotopic (exact) mass is 414 g/mol. The highest BCUT2D eigenvalue weighted by atomic mass is 32.2. The van der Waals surface area contributed by atoms with Crippen LogP contribution in [0.25, 0.3) is 0 Å². The maximum absolute atomic E-state index is 13.1. The Morgan fingerprint density at radius 1 is 1.07 bits per heavy atom. The first kappa shape index (κ1) is 21.7. The minimum absolute atomic E-state index is 0.116. The predicted octanol–water partition coefficient (Wildman–Crippen LogP) is 3.63. The normalized spacial score (nSPS) is 20.5. The molecule has 0 aliphatic carbocycles. The first-order chi connectivity index (χ1) is 13.8. The number of nitrogens with one attached hydrogen (secondary N) is 1. The maximum atomic E-state index is 13.1. The summed E-state index contributed by atoms with van der Waals surface area (Å²) in [5.41, 5.74) is 2.72. The number of hydrogen-bond donors (Lipinski definition) is 1. The van der Waals surface area contributed by atoms with Gasteiger partial charge in [0.1, 0.15) is 0 Å². The summed E-state index contributed by atoms with van der Waals surface area (Å²) in [6.07, 6.45) is 1.04. The number of nitrogens with zero attached hydrogens (tertiary/aromatic N) is 1. The molecule has 1 aliphatic heterocycles. The van der Waals surface area contributed by atoms with Crippen molar-refractivity contribution in [1.82, 2.24) is 9.62 Å². The second-order valence-electron chi connectivity index (χ2n) is 8.31. The summed E-state index contributed by atoms with van der Waals surface area (Å²) in [5, 5.41) is 3.14. The quantitative estimate of drug-likeness (QED) is 0.703. The fourth-order valence-corrected chi connectivity index (χ4v) is 5.64. The molecule has 2 atom stereocenters. The zero-order chi connectivity index (χ0) is 21.0. The lowest BCUT2D eigenvalue weighted by Gasteiger charge is -2.34. The molecule has 0 radical (unpaired) electrons. The van der Waals surface area contributed by atoms with Crippen molar-refractivity contribution in [3.8, 4) is 0 Å². The van der Waals surface area contributed by atoms with E-state index in [1.807, 2.05) is 31.2 Å². The zero-order valence-electron chi connectivity index (χ0n) is 17.4. The Morgan fingerprint density at radius 3 is 2.38 bits per heavy atom. The lowest BCUT2D eigenvalue weighted by atomic mass is 9.94. The summed E-state index contributed by atoms with van der Waals surface area (Å²) in [7, 11) is -3.59. The van der Waals surface area contributed by atoms with E-state index in [1.54, 1.807) is 22.5 Å². The Bertz CT molecular complexity index is 944. The van der Waals surface area contributed by atoms with Crippen LogP contribution in [-0.4, -0.2) is 38.1 Å². The van der Waals surface area contributed by atoms with Gasteiger partial charge in [-0.05, 0) is 42.9 Å². The van der Waals surface area contributed by atoms with Crippen molar-refractivity contribution in [2.45, 2.75) is 38.6 Å². The molecule has 1 heterocycles. The van der Waals surface area contributed by atoms with E-state index in [0.29, 0.717) is 37.0 Å². The second kappa shape index (κ2) is 9.20. The zero-order valence-corrected chi connectivity index (χ0v) is 18.2. The van der Waals surface area contributed by atoms with Gasteiger partial charge in [0, 0.05) is 25.2 Å². The van der Waals surface area contributed by atoms with Gasteiger partial charge in [0.25, 0.3) is 0 Å². The van der Waals surface area contributed by atoms with Crippen LogP contribution in [0.1, 0.15) is 41.8 Å². The molecule has 1 saturated heterocycles. The first-order valence-corrected chi connectivity index (χ1v) is 11.6. The van der Waals surface area contributed by atoms with Gasteiger partial charge < -0.3 is 5.32 Å². The molecular weight excluding hydrogens is 384 g/mol. The van der Waals surface area contributed by atoms with E-state index in [2.05, 4.69) is 19.2 Å². The van der Waals surface area contributed by atoms with Crippen molar-refractivity contribution in [2.75, 3.05) is 19.6 Å². The van der Waals surface area contributed by atoms with Crippen LogP contribution >= 0.6 is 0 Å². The third-order valence-electron chi connectivity index (χ3n) is 5.36. The third kappa shape index (κ3) is 5.53. The summed E-state index contributed by atoms with van der Waals surface area (Å²) in [5.74, 6) is 0.558. The van der Waals surface area contributed by atoms with Crippen molar-refractivity contribution in [3.05, 3.63) is 65.2 Å². The molecule has 156 valence electrons. The Morgan fingerprint density at radius 2 is 1.72 bits per heavy atom. The van der Waals surface area contributed by atoms with E-state index < -0.39 is 10.0 Å². The van der Waals surface area contributed by atoms with Gasteiger partial charge in [-0.2, -0.15) is 4.31 Å². The van der Waals surface area contributed by atoms with Gasteiger partial charge >= 0.3 is 0 Å². The summed E-state index contributed by atoms with van der Waals surface area (Å²) in [6, 6.07) is 14.5. The molecule has 2 aromatic carbocycles. The van der Waals surface area contributed by atoms with Gasteiger partial charge in [-0.3, -0.25) is 4.79 Å². The number of aryl methyl sites for hydroxylation is 1. The Balaban J connectivity index is 1.66. The van der Waals surface area contributed by atoms with Gasteiger partial charge in [0.05, 0.1) is 11.4 Å². The molecule has 5 nitrogen and oxygen atoms in total. The Labute approximate surface area is 174 Å². The molecule has 1 N–H and O–H groups in total. The summed E-state index contributed by atoms with van der Waals surface area (Å²) in [4.78, 5) is 12.8. The van der Waals surface area contributed by atoms with Crippen LogP contribution in [0.5, 0.6) is 0 Å². The van der Waals surface area contributed by atoms with Crippen LogP contribution in [0.15, 0.2) is 53.4 Å². The smallest absolute Gasteiger partial charge is 0.243 e. The standard InChI is InChI=1S/C23H30N2O3S/c1-17-7-9-20(10-8-17)13-24-14-23(26)21-5-4-6-22(12-21)29(27,28)25-15-18(2)11-19(3)16-25/h4-10,12,18-19,24H,11,13-16H2,1-3H3. The predicted molar refractivity (Wildman–Crippen MR) is 115 cm³/mol. The highest BCUT2D eigenvalue weighted by Crippen LogP contribution is 2.27. The van der Waals surface area contributed by atoms with E-state index in [9.17, 15) is 13.2 Å².